The molecule has 4 aromatic rings. The Morgan fingerprint density at radius 3 is 2.44 bits per heavy atom. The lowest BCUT2D eigenvalue weighted by Gasteiger charge is -2.34. The van der Waals surface area contributed by atoms with Gasteiger partial charge in [0.2, 0.25) is 0 Å². The first kappa shape index (κ1) is 23.1. The molecule has 0 amide bonds. The number of aromatic nitrogens is 3. The Kier molecular flexibility index (Phi) is 5.57. The van der Waals surface area contributed by atoms with E-state index in [1.54, 1.807) is 18.3 Å². The highest BCUT2D eigenvalue weighted by Crippen LogP contribution is 2.48. The zero-order valence-corrected chi connectivity index (χ0v) is 19.6. The predicted molar refractivity (Wildman–Crippen MR) is 129 cm³/mol. The second-order valence-corrected chi connectivity index (χ2v) is 10.0. The van der Waals surface area contributed by atoms with Crippen LogP contribution in [0.15, 0.2) is 36.5 Å². The molecular formula is C27H27F2N3O4. The number of aliphatic hydroxyl groups is 1. The summed E-state index contributed by atoms with van der Waals surface area (Å²) in [5, 5.41) is 28.0. The summed E-state index contributed by atoms with van der Waals surface area (Å²) >= 11 is 0. The number of H-pyrrole nitrogens is 1. The molecule has 0 unspecified atom stereocenters. The molecule has 2 aromatic heterocycles. The Bertz CT molecular complexity index is 1450. The summed E-state index contributed by atoms with van der Waals surface area (Å²) in [7, 11) is 0. The first-order valence-corrected chi connectivity index (χ1v) is 12.4. The lowest BCUT2D eigenvalue weighted by molar-refractivity contribution is -0.162. The quantitative estimate of drug-likeness (QED) is 0.364. The molecule has 6 rings (SSSR count). The number of carbonyl (C=O) groups is 1. The highest BCUT2D eigenvalue weighted by molar-refractivity contribution is 6.00. The summed E-state index contributed by atoms with van der Waals surface area (Å²) < 4.78 is 37.7. The van der Waals surface area contributed by atoms with Crippen molar-refractivity contribution < 1.29 is 28.5 Å². The van der Waals surface area contributed by atoms with Crippen molar-refractivity contribution in [3.05, 3.63) is 59.4 Å². The van der Waals surface area contributed by atoms with Crippen molar-refractivity contribution in [1.29, 1.82) is 0 Å². The maximum absolute atomic E-state index is 16.2. The van der Waals surface area contributed by atoms with Gasteiger partial charge in [-0.05, 0) is 80.3 Å². The van der Waals surface area contributed by atoms with Crippen LogP contribution in [0.3, 0.4) is 0 Å². The Morgan fingerprint density at radius 1 is 1.08 bits per heavy atom. The average molecular weight is 496 g/mol. The largest absolute Gasteiger partial charge is 0.479 e. The molecule has 36 heavy (non-hydrogen) atoms. The number of nitrogens with zero attached hydrogens (tertiary/aromatic N) is 2. The van der Waals surface area contributed by atoms with Gasteiger partial charge in [0.05, 0.1) is 11.7 Å². The van der Waals surface area contributed by atoms with Crippen LogP contribution in [0.1, 0.15) is 61.6 Å². The number of aliphatic carboxylic acids is 1. The minimum absolute atomic E-state index is 0.0855. The van der Waals surface area contributed by atoms with Gasteiger partial charge >= 0.3 is 5.97 Å². The maximum atomic E-state index is 16.2. The van der Waals surface area contributed by atoms with E-state index in [2.05, 4.69) is 10.2 Å². The van der Waals surface area contributed by atoms with Crippen molar-refractivity contribution >= 4 is 27.8 Å². The normalized spacial score (nSPS) is 23.5. The number of fused-ring (bicyclic) bond motifs is 2. The SMILES string of the molecule is O=C(O)[C@]1(O)CC[C@@H](c2c(C3CCOCC3)n(-c3ccc(F)cc3)c3cc4cn[nH]c4c(F)c32)CC1. The van der Waals surface area contributed by atoms with Crippen molar-refractivity contribution in [3.63, 3.8) is 0 Å². The molecule has 0 atom stereocenters. The van der Waals surface area contributed by atoms with Crippen molar-refractivity contribution in [3.8, 4) is 5.69 Å². The number of aromatic amines is 1. The average Bonchev–Trinajstić information content (AvgIpc) is 3.49. The molecule has 9 heteroatoms. The summed E-state index contributed by atoms with van der Waals surface area (Å²) in [6, 6.07) is 8.10. The van der Waals surface area contributed by atoms with Crippen LogP contribution in [0, 0.1) is 11.6 Å². The number of hydrogen-bond donors (Lipinski definition) is 3. The van der Waals surface area contributed by atoms with Gasteiger partial charge in [0.1, 0.15) is 11.3 Å². The van der Waals surface area contributed by atoms with Gasteiger partial charge in [0.25, 0.3) is 0 Å². The van der Waals surface area contributed by atoms with E-state index in [0.717, 1.165) is 29.8 Å². The Labute approximate surface area is 205 Å². The summed E-state index contributed by atoms with van der Waals surface area (Å²) in [5.41, 5.74) is 1.77. The zero-order chi connectivity index (χ0) is 25.0. The van der Waals surface area contributed by atoms with Crippen LogP contribution in [0.4, 0.5) is 8.78 Å². The third-order valence-corrected chi connectivity index (χ3v) is 8.00. The third kappa shape index (κ3) is 3.60. The monoisotopic (exact) mass is 495 g/mol. The molecule has 1 aliphatic carbocycles. The molecule has 1 aliphatic heterocycles. The van der Waals surface area contributed by atoms with Crippen LogP contribution in [-0.4, -0.2) is 49.8 Å². The highest BCUT2D eigenvalue weighted by atomic mass is 19.1. The van der Waals surface area contributed by atoms with Gasteiger partial charge in [0.15, 0.2) is 11.4 Å². The molecular weight excluding hydrogens is 468 g/mol. The number of benzene rings is 2. The van der Waals surface area contributed by atoms with Gasteiger partial charge in [-0.3, -0.25) is 5.10 Å². The van der Waals surface area contributed by atoms with Crippen molar-refractivity contribution in [2.75, 3.05) is 13.2 Å². The second kappa shape index (κ2) is 8.67. The lowest BCUT2D eigenvalue weighted by Crippen LogP contribution is -2.41. The molecule has 1 saturated carbocycles. The fourth-order valence-corrected chi connectivity index (χ4v) is 6.10. The van der Waals surface area contributed by atoms with Crippen molar-refractivity contribution in [2.45, 2.75) is 56.0 Å². The molecule has 2 aromatic carbocycles. The number of ether oxygens (including phenoxy) is 1. The molecule has 0 spiro atoms. The van der Waals surface area contributed by atoms with Gasteiger partial charge in [-0.2, -0.15) is 5.10 Å². The zero-order valence-electron chi connectivity index (χ0n) is 19.6. The van der Waals surface area contributed by atoms with E-state index in [0.29, 0.717) is 47.9 Å². The standard InChI is InChI=1S/C27H27F2N3O4/c28-18-1-3-19(4-2-18)32-20-13-17-14-30-31-24(17)23(29)22(20)21(25(32)16-7-11-36-12-8-16)15-5-9-27(35,10-6-15)26(33)34/h1-4,13-16,35H,5-12H2,(H,30,31)(H,33,34)/t15-,27+. The smallest absolute Gasteiger partial charge is 0.335 e. The molecule has 3 N–H and O–H groups in total. The molecule has 7 nitrogen and oxygen atoms in total. The minimum Gasteiger partial charge on any atom is -0.479 e. The predicted octanol–water partition coefficient (Wildman–Crippen LogP) is 5.15. The topological polar surface area (TPSA) is 100 Å². The van der Waals surface area contributed by atoms with Gasteiger partial charge in [-0.1, -0.05) is 0 Å². The number of rotatable bonds is 4. The summed E-state index contributed by atoms with van der Waals surface area (Å²) in [6.45, 7) is 1.18. The van der Waals surface area contributed by atoms with Crippen LogP contribution in [0.2, 0.25) is 0 Å². The Balaban J connectivity index is 1.64. The fraction of sp³-hybridized carbons (Fsp3) is 0.407. The van der Waals surface area contributed by atoms with Gasteiger partial charge in [-0.15, -0.1) is 0 Å². The first-order valence-electron chi connectivity index (χ1n) is 12.4. The minimum atomic E-state index is -1.76. The summed E-state index contributed by atoms with van der Waals surface area (Å²) in [5.74, 6) is -2.02. The first-order chi connectivity index (χ1) is 17.4. The van der Waals surface area contributed by atoms with Crippen molar-refractivity contribution in [2.24, 2.45) is 0 Å². The van der Waals surface area contributed by atoms with E-state index in [1.807, 2.05) is 10.6 Å². The Morgan fingerprint density at radius 2 is 1.78 bits per heavy atom. The van der Waals surface area contributed by atoms with Crippen LogP contribution >= 0.6 is 0 Å². The number of hydrogen-bond acceptors (Lipinski definition) is 4. The third-order valence-electron chi connectivity index (χ3n) is 8.00. The number of nitrogens with one attached hydrogen (secondary N) is 1. The molecule has 0 radical (unpaired) electrons. The molecule has 2 fully saturated rings. The van der Waals surface area contributed by atoms with Crippen LogP contribution in [0.25, 0.3) is 27.5 Å². The van der Waals surface area contributed by atoms with E-state index in [4.69, 9.17) is 4.74 Å². The number of carboxylic acid groups (broad SMARTS) is 1. The van der Waals surface area contributed by atoms with Gasteiger partial charge in [0, 0.05) is 41.3 Å². The molecule has 2 aliphatic rings. The van der Waals surface area contributed by atoms with E-state index in [9.17, 15) is 19.4 Å². The van der Waals surface area contributed by atoms with E-state index < -0.39 is 17.4 Å². The molecule has 3 heterocycles. The molecule has 188 valence electrons. The van der Waals surface area contributed by atoms with Crippen LogP contribution in [-0.2, 0) is 9.53 Å². The maximum Gasteiger partial charge on any atom is 0.335 e. The molecule has 0 bridgehead atoms. The second-order valence-electron chi connectivity index (χ2n) is 10.0. The summed E-state index contributed by atoms with van der Waals surface area (Å²) in [6.07, 6.45) is 4.13. The lowest BCUT2D eigenvalue weighted by atomic mass is 9.74. The van der Waals surface area contributed by atoms with Crippen LogP contribution < -0.4 is 0 Å². The van der Waals surface area contributed by atoms with Crippen LogP contribution in [0.5, 0.6) is 0 Å². The van der Waals surface area contributed by atoms with Gasteiger partial charge < -0.3 is 19.5 Å². The van der Waals surface area contributed by atoms with E-state index >= 15 is 4.39 Å². The van der Waals surface area contributed by atoms with E-state index in [-0.39, 0.29) is 30.5 Å². The van der Waals surface area contributed by atoms with E-state index in [1.165, 1.54) is 12.1 Å². The molecule has 1 saturated heterocycles. The fourth-order valence-electron chi connectivity index (χ4n) is 6.10. The van der Waals surface area contributed by atoms with Gasteiger partial charge in [-0.25, -0.2) is 13.6 Å². The highest BCUT2D eigenvalue weighted by Gasteiger charge is 2.42. The number of carboxylic acids is 1. The van der Waals surface area contributed by atoms with Crippen molar-refractivity contribution in [1.82, 2.24) is 14.8 Å². The Hall–Kier alpha value is -3.30. The summed E-state index contributed by atoms with van der Waals surface area (Å²) in [4.78, 5) is 11.7. The number of halogens is 2.